The number of nitrogens with one attached hydrogen (secondary N) is 1. The number of nitrogens with two attached hydrogens (primary N) is 1. The van der Waals surface area contributed by atoms with Crippen molar-refractivity contribution in [1.82, 2.24) is 0 Å². The largest absolute Gasteiger partial charge is 0.384 e. The van der Waals surface area contributed by atoms with Crippen LogP contribution in [0.2, 0.25) is 0 Å². The molecule has 0 spiro atoms. The second kappa shape index (κ2) is 4.97. The molecule has 0 heterocycles. The van der Waals surface area contributed by atoms with Crippen LogP contribution in [-0.2, 0) is 4.79 Å². The van der Waals surface area contributed by atoms with Gasteiger partial charge in [-0.15, -0.1) is 0 Å². The summed E-state index contributed by atoms with van der Waals surface area (Å²) in [4.78, 5) is 10.1. The first-order valence-electron chi connectivity index (χ1n) is 4.29. The minimum absolute atomic E-state index is 0.0383. The topological polar surface area (TPSA) is 66.9 Å². The van der Waals surface area contributed by atoms with Gasteiger partial charge in [0.15, 0.2) is 0 Å². The molecular formula is C11H12N2O. The highest BCUT2D eigenvalue weighted by atomic mass is 16.1. The number of nitrogen functional groups attached to an aromatic ring is 1. The van der Waals surface area contributed by atoms with E-state index < -0.39 is 0 Å². The molecular weight excluding hydrogens is 176 g/mol. The summed E-state index contributed by atoms with van der Waals surface area (Å²) < 4.78 is 0. The number of hydrogen-bond donors (Lipinski definition) is 2. The van der Waals surface area contributed by atoms with Crippen molar-refractivity contribution in [3.63, 3.8) is 0 Å². The van der Waals surface area contributed by atoms with Gasteiger partial charge in [0, 0.05) is 12.0 Å². The predicted octanol–water partition coefficient (Wildman–Crippen LogP) is 1.57. The normalized spacial score (nSPS) is 10.3. The predicted molar refractivity (Wildman–Crippen MR) is 57.2 cm³/mol. The third-order valence-electron chi connectivity index (χ3n) is 1.78. The Bertz CT molecular complexity index is 369. The van der Waals surface area contributed by atoms with Crippen LogP contribution < -0.4 is 5.73 Å². The van der Waals surface area contributed by atoms with Gasteiger partial charge in [-0.3, -0.25) is 5.41 Å². The first-order chi connectivity index (χ1) is 6.75. The van der Waals surface area contributed by atoms with Crippen molar-refractivity contribution in [2.24, 2.45) is 5.73 Å². The van der Waals surface area contributed by atoms with E-state index in [1.54, 1.807) is 18.2 Å². The Balaban J connectivity index is 2.95. The van der Waals surface area contributed by atoms with Crippen molar-refractivity contribution in [1.29, 1.82) is 5.41 Å². The van der Waals surface area contributed by atoms with Crippen molar-refractivity contribution in [3.05, 3.63) is 41.5 Å². The van der Waals surface area contributed by atoms with E-state index in [0.29, 0.717) is 12.0 Å². The Morgan fingerprint density at radius 1 is 1.43 bits per heavy atom. The zero-order valence-corrected chi connectivity index (χ0v) is 7.73. The lowest BCUT2D eigenvalue weighted by atomic mass is 10.1. The molecule has 0 aliphatic rings. The van der Waals surface area contributed by atoms with E-state index in [1.165, 1.54) is 0 Å². The van der Waals surface area contributed by atoms with Crippen LogP contribution in [0.1, 0.15) is 17.5 Å². The number of amidine groups is 1. The third-order valence-corrected chi connectivity index (χ3v) is 1.78. The van der Waals surface area contributed by atoms with Gasteiger partial charge in [0.1, 0.15) is 12.1 Å². The average molecular weight is 188 g/mol. The van der Waals surface area contributed by atoms with Gasteiger partial charge in [-0.25, -0.2) is 0 Å². The first kappa shape index (κ1) is 10.2. The van der Waals surface area contributed by atoms with Gasteiger partial charge in [0.05, 0.1) is 0 Å². The van der Waals surface area contributed by atoms with Crippen LogP contribution in [0.5, 0.6) is 0 Å². The lowest BCUT2D eigenvalue weighted by Gasteiger charge is -2.02. The second-order valence-electron chi connectivity index (χ2n) is 2.81. The van der Waals surface area contributed by atoms with E-state index in [2.05, 4.69) is 0 Å². The maximum Gasteiger partial charge on any atom is 0.123 e. The molecule has 0 aliphatic carbocycles. The molecule has 3 heteroatoms. The van der Waals surface area contributed by atoms with Gasteiger partial charge in [0.25, 0.3) is 0 Å². The summed E-state index contributed by atoms with van der Waals surface area (Å²) in [6.45, 7) is 0. The highest BCUT2D eigenvalue weighted by molar-refractivity contribution is 5.98. The molecule has 0 saturated heterocycles. The minimum atomic E-state index is 0.0383. The van der Waals surface area contributed by atoms with Crippen LogP contribution in [0.3, 0.4) is 0 Å². The third kappa shape index (κ3) is 2.55. The zero-order chi connectivity index (χ0) is 10.4. The Morgan fingerprint density at radius 3 is 2.79 bits per heavy atom. The van der Waals surface area contributed by atoms with Crippen LogP contribution in [0, 0.1) is 5.41 Å². The van der Waals surface area contributed by atoms with Gasteiger partial charge >= 0.3 is 0 Å². The molecule has 0 unspecified atom stereocenters. The summed E-state index contributed by atoms with van der Waals surface area (Å²) in [5, 5.41) is 7.33. The lowest BCUT2D eigenvalue weighted by molar-refractivity contribution is -0.107. The fourth-order valence-electron chi connectivity index (χ4n) is 1.14. The Labute approximate surface area is 82.8 Å². The summed E-state index contributed by atoms with van der Waals surface area (Å²) in [6, 6.07) is 7.34. The molecule has 0 aromatic heterocycles. The molecule has 1 aromatic rings. The first-order valence-corrected chi connectivity index (χ1v) is 4.29. The van der Waals surface area contributed by atoms with Crippen LogP contribution in [0.4, 0.5) is 0 Å². The summed E-state index contributed by atoms with van der Waals surface area (Å²) in [7, 11) is 0. The molecule has 0 fully saturated rings. The minimum Gasteiger partial charge on any atom is -0.384 e. The Morgan fingerprint density at radius 2 is 2.14 bits per heavy atom. The monoisotopic (exact) mass is 188 g/mol. The van der Waals surface area contributed by atoms with Crippen LogP contribution in [-0.4, -0.2) is 12.1 Å². The maximum absolute atomic E-state index is 10.1. The highest BCUT2D eigenvalue weighted by Crippen LogP contribution is 2.09. The van der Waals surface area contributed by atoms with Crippen molar-refractivity contribution < 1.29 is 4.79 Å². The Kier molecular flexibility index (Phi) is 3.61. The van der Waals surface area contributed by atoms with Gasteiger partial charge in [-0.2, -0.15) is 0 Å². The molecule has 0 atom stereocenters. The maximum atomic E-state index is 10.1. The molecule has 0 amide bonds. The van der Waals surface area contributed by atoms with E-state index >= 15 is 0 Å². The standard InChI is InChI=1S/C11H12N2O/c12-11(13)10-7-2-1-5-9(10)6-3-4-8-14/h1-3,5-8H,4H2,(H3,12,13). The van der Waals surface area contributed by atoms with E-state index in [0.717, 1.165) is 11.8 Å². The molecule has 1 rings (SSSR count). The van der Waals surface area contributed by atoms with Gasteiger partial charge in [-0.05, 0) is 5.56 Å². The van der Waals surface area contributed by atoms with Gasteiger partial charge < -0.3 is 10.5 Å². The fourth-order valence-corrected chi connectivity index (χ4v) is 1.14. The number of allylic oxidation sites excluding steroid dienone is 1. The summed E-state index contributed by atoms with van der Waals surface area (Å²) in [6.07, 6.45) is 4.75. The van der Waals surface area contributed by atoms with Crippen molar-refractivity contribution in [3.8, 4) is 0 Å². The zero-order valence-electron chi connectivity index (χ0n) is 7.73. The average Bonchev–Trinajstić information content (AvgIpc) is 2.19. The summed E-state index contributed by atoms with van der Waals surface area (Å²) >= 11 is 0. The van der Waals surface area contributed by atoms with E-state index in [9.17, 15) is 4.79 Å². The van der Waals surface area contributed by atoms with Crippen molar-refractivity contribution in [2.45, 2.75) is 6.42 Å². The number of rotatable bonds is 4. The van der Waals surface area contributed by atoms with Crippen molar-refractivity contribution in [2.75, 3.05) is 0 Å². The highest BCUT2D eigenvalue weighted by Gasteiger charge is 1.99. The number of carbonyl (C=O) groups excluding carboxylic acids is 1. The SMILES string of the molecule is N=C(N)c1ccccc1C=CCC=O. The second-order valence-corrected chi connectivity index (χ2v) is 2.81. The van der Waals surface area contributed by atoms with E-state index in [-0.39, 0.29) is 5.84 Å². The number of carbonyl (C=O) groups is 1. The van der Waals surface area contributed by atoms with Crippen molar-refractivity contribution >= 4 is 18.2 Å². The van der Waals surface area contributed by atoms with Gasteiger partial charge in [-0.1, -0.05) is 36.4 Å². The molecule has 14 heavy (non-hydrogen) atoms. The van der Waals surface area contributed by atoms with Crippen LogP contribution in [0.25, 0.3) is 6.08 Å². The smallest absolute Gasteiger partial charge is 0.123 e. The van der Waals surface area contributed by atoms with Crippen LogP contribution >= 0.6 is 0 Å². The Hall–Kier alpha value is -1.90. The molecule has 1 aromatic carbocycles. The molecule has 0 aliphatic heterocycles. The number of hydrogen-bond acceptors (Lipinski definition) is 2. The molecule has 0 radical (unpaired) electrons. The van der Waals surface area contributed by atoms with E-state index in [1.807, 2.05) is 18.2 Å². The van der Waals surface area contributed by atoms with Gasteiger partial charge in [0.2, 0.25) is 0 Å². The molecule has 72 valence electrons. The summed E-state index contributed by atoms with van der Waals surface area (Å²) in [5.74, 6) is 0.0383. The fraction of sp³-hybridized carbons (Fsp3) is 0.0909. The molecule has 0 saturated carbocycles. The molecule has 3 N–H and O–H groups in total. The lowest BCUT2D eigenvalue weighted by Crippen LogP contribution is -2.12. The quantitative estimate of drug-likeness (QED) is 0.428. The molecule has 3 nitrogen and oxygen atoms in total. The molecule has 0 bridgehead atoms. The van der Waals surface area contributed by atoms with E-state index in [4.69, 9.17) is 11.1 Å². The number of benzene rings is 1. The summed E-state index contributed by atoms with van der Waals surface area (Å²) in [5.41, 5.74) is 6.95. The van der Waals surface area contributed by atoms with Crippen LogP contribution in [0.15, 0.2) is 30.3 Å². The number of aldehydes is 1.